The van der Waals surface area contributed by atoms with E-state index in [0.29, 0.717) is 23.2 Å². The van der Waals surface area contributed by atoms with Crippen LogP contribution in [0, 0.1) is 30.9 Å². The SMILES string of the molecule is CCc1nc2ccccc2c(C)c1C(=O)OCC(=O)Nc1c([N+](=O)[O-])ccc(C)c1C. The number of carbonyl (C=O) groups excluding carboxylic acids is 2. The number of para-hydroxylation sites is 1. The minimum atomic E-state index is -0.658. The molecule has 0 aliphatic carbocycles. The highest BCUT2D eigenvalue weighted by Gasteiger charge is 2.22. The number of rotatable bonds is 6. The van der Waals surface area contributed by atoms with Crippen LogP contribution in [-0.2, 0) is 16.0 Å². The molecule has 3 rings (SSSR count). The molecule has 1 heterocycles. The number of fused-ring (bicyclic) bond motifs is 1. The molecule has 0 radical (unpaired) electrons. The fourth-order valence-corrected chi connectivity index (χ4v) is 3.46. The van der Waals surface area contributed by atoms with Gasteiger partial charge in [0, 0.05) is 11.5 Å². The maximum absolute atomic E-state index is 12.8. The minimum absolute atomic E-state index is 0.101. The van der Waals surface area contributed by atoms with Crippen molar-refractivity contribution in [1.82, 2.24) is 4.98 Å². The van der Waals surface area contributed by atoms with Gasteiger partial charge in [-0.05, 0) is 49.9 Å². The van der Waals surface area contributed by atoms with E-state index in [2.05, 4.69) is 10.3 Å². The zero-order valence-electron chi connectivity index (χ0n) is 17.8. The number of ether oxygens (including phenoxy) is 1. The molecule has 0 saturated carbocycles. The van der Waals surface area contributed by atoms with Crippen molar-refractivity contribution in [2.24, 2.45) is 0 Å². The van der Waals surface area contributed by atoms with Crippen molar-refractivity contribution in [2.45, 2.75) is 34.1 Å². The van der Waals surface area contributed by atoms with Gasteiger partial charge in [-0.25, -0.2) is 4.79 Å². The second-order valence-electron chi connectivity index (χ2n) is 7.21. The summed E-state index contributed by atoms with van der Waals surface area (Å²) < 4.78 is 5.24. The number of pyridine rings is 1. The summed E-state index contributed by atoms with van der Waals surface area (Å²) in [5, 5.41) is 14.6. The van der Waals surface area contributed by atoms with Crippen LogP contribution in [0.2, 0.25) is 0 Å². The van der Waals surface area contributed by atoms with E-state index in [1.165, 1.54) is 6.07 Å². The average Bonchev–Trinajstić information content (AvgIpc) is 2.75. The van der Waals surface area contributed by atoms with E-state index in [9.17, 15) is 19.7 Å². The van der Waals surface area contributed by atoms with E-state index in [1.54, 1.807) is 19.9 Å². The van der Waals surface area contributed by atoms with Crippen LogP contribution in [-0.4, -0.2) is 28.4 Å². The lowest BCUT2D eigenvalue weighted by Gasteiger charge is -2.14. The van der Waals surface area contributed by atoms with Crippen LogP contribution < -0.4 is 5.32 Å². The molecule has 0 fully saturated rings. The zero-order valence-corrected chi connectivity index (χ0v) is 17.8. The molecule has 1 aromatic heterocycles. The van der Waals surface area contributed by atoms with Crippen LogP contribution in [0.25, 0.3) is 10.9 Å². The van der Waals surface area contributed by atoms with Gasteiger partial charge < -0.3 is 10.1 Å². The van der Waals surface area contributed by atoms with Gasteiger partial charge in [-0.15, -0.1) is 0 Å². The molecule has 8 nitrogen and oxygen atoms in total. The minimum Gasteiger partial charge on any atom is -0.452 e. The molecule has 0 spiro atoms. The number of aromatic nitrogens is 1. The van der Waals surface area contributed by atoms with E-state index in [1.807, 2.05) is 38.1 Å². The molecule has 160 valence electrons. The van der Waals surface area contributed by atoms with Crippen molar-refractivity contribution in [3.05, 3.63) is 74.5 Å². The van der Waals surface area contributed by atoms with Gasteiger partial charge in [0.2, 0.25) is 0 Å². The highest BCUT2D eigenvalue weighted by molar-refractivity contribution is 6.01. The van der Waals surface area contributed by atoms with E-state index < -0.39 is 23.4 Å². The quantitative estimate of drug-likeness (QED) is 0.358. The van der Waals surface area contributed by atoms with Gasteiger partial charge in [-0.1, -0.05) is 31.2 Å². The number of hydrogen-bond donors (Lipinski definition) is 1. The van der Waals surface area contributed by atoms with Gasteiger partial charge in [0.25, 0.3) is 11.6 Å². The number of aryl methyl sites for hydroxylation is 3. The number of nitrogens with zero attached hydrogens (tertiary/aromatic N) is 2. The van der Waals surface area contributed by atoms with Crippen molar-refractivity contribution in [3.8, 4) is 0 Å². The van der Waals surface area contributed by atoms with E-state index in [4.69, 9.17) is 4.74 Å². The number of nitro benzene ring substituents is 1. The highest BCUT2D eigenvalue weighted by Crippen LogP contribution is 2.30. The lowest BCUT2D eigenvalue weighted by molar-refractivity contribution is -0.384. The second kappa shape index (κ2) is 8.91. The first-order valence-electron chi connectivity index (χ1n) is 9.84. The summed E-state index contributed by atoms with van der Waals surface area (Å²) in [5.41, 5.74) is 3.71. The largest absolute Gasteiger partial charge is 0.452 e. The van der Waals surface area contributed by atoms with Crippen LogP contribution in [0.1, 0.15) is 39.7 Å². The fourth-order valence-electron chi connectivity index (χ4n) is 3.46. The Morgan fingerprint density at radius 2 is 1.81 bits per heavy atom. The number of esters is 1. The molecule has 8 heteroatoms. The van der Waals surface area contributed by atoms with Crippen molar-refractivity contribution in [3.63, 3.8) is 0 Å². The van der Waals surface area contributed by atoms with Crippen LogP contribution in [0.5, 0.6) is 0 Å². The average molecular weight is 421 g/mol. The number of hydrogen-bond acceptors (Lipinski definition) is 6. The van der Waals surface area contributed by atoms with Gasteiger partial charge in [-0.2, -0.15) is 0 Å². The van der Waals surface area contributed by atoms with Gasteiger partial charge in [0.05, 0.1) is 21.7 Å². The summed E-state index contributed by atoms with van der Waals surface area (Å²) in [5.74, 6) is -1.31. The normalized spacial score (nSPS) is 10.7. The Bertz CT molecular complexity index is 1200. The maximum atomic E-state index is 12.8. The fraction of sp³-hybridized carbons (Fsp3) is 0.261. The number of carbonyl (C=O) groups is 2. The Morgan fingerprint density at radius 3 is 2.48 bits per heavy atom. The van der Waals surface area contributed by atoms with Crippen molar-refractivity contribution in [1.29, 1.82) is 0 Å². The lowest BCUT2D eigenvalue weighted by Crippen LogP contribution is -2.23. The van der Waals surface area contributed by atoms with Crippen molar-refractivity contribution >= 4 is 34.2 Å². The molecular formula is C23H23N3O5. The number of amides is 1. The summed E-state index contributed by atoms with van der Waals surface area (Å²) in [4.78, 5) is 40.5. The lowest BCUT2D eigenvalue weighted by atomic mass is 10.0. The molecule has 2 aromatic carbocycles. The van der Waals surface area contributed by atoms with E-state index in [0.717, 1.165) is 22.0 Å². The van der Waals surface area contributed by atoms with Gasteiger partial charge in [-0.3, -0.25) is 19.9 Å². The molecule has 1 amide bonds. The third-order valence-electron chi connectivity index (χ3n) is 5.28. The first kappa shape index (κ1) is 21.9. The standard InChI is InChI=1S/C23H23N3O5/c1-5-17-21(15(4)16-8-6-7-9-18(16)24-17)23(28)31-12-20(27)25-22-14(3)13(2)10-11-19(22)26(29)30/h6-11H,5,12H2,1-4H3,(H,25,27). The Hall–Kier alpha value is -3.81. The predicted molar refractivity (Wildman–Crippen MR) is 117 cm³/mol. The van der Waals surface area contributed by atoms with Crippen LogP contribution in [0.4, 0.5) is 11.4 Å². The molecular weight excluding hydrogens is 398 g/mol. The number of anilines is 1. The number of nitrogens with one attached hydrogen (secondary N) is 1. The maximum Gasteiger partial charge on any atom is 0.340 e. The van der Waals surface area contributed by atoms with Crippen LogP contribution in [0.15, 0.2) is 36.4 Å². The molecule has 0 atom stereocenters. The Labute approximate surface area is 179 Å². The first-order chi connectivity index (χ1) is 14.7. The zero-order chi connectivity index (χ0) is 22.7. The Balaban J connectivity index is 1.81. The third-order valence-corrected chi connectivity index (χ3v) is 5.28. The predicted octanol–water partition coefficient (Wildman–Crippen LogP) is 4.43. The second-order valence-corrected chi connectivity index (χ2v) is 7.21. The number of nitro groups is 1. The molecule has 0 unspecified atom stereocenters. The van der Waals surface area contributed by atoms with E-state index >= 15 is 0 Å². The Morgan fingerprint density at radius 1 is 1.10 bits per heavy atom. The van der Waals surface area contributed by atoms with Gasteiger partial charge in [0.1, 0.15) is 5.69 Å². The summed E-state index contributed by atoms with van der Waals surface area (Å²) >= 11 is 0. The molecule has 1 N–H and O–H groups in total. The summed E-state index contributed by atoms with van der Waals surface area (Å²) in [6.07, 6.45) is 0.525. The molecule has 0 aliphatic heterocycles. The van der Waals surface area contributed by atoms with Gasteiger partial charge in [0.15, 0.2) is 6.61 Å². The molecule has 0 saturated heterocycles. The number of benzene rings is 2. The first-order valence-corrected chi connectivity index (χ1v) is 9.84. The topological polar surface area (TPSA) is 111 Å². The molecule has 0 bridgehead atoms. The summed E-state index contributed by atoms with van der Waals surface area (Å²) in [7, 11) is 0. The van der Waals surface area contributed by atoms with Crippen LogP contribution >= 0.6 is 0 Å². The molecule has 3 aromatic rings. The van der Waals surface area contributed by atoms with E-state index in [-0.39, 0.29) is 11.4 Å². The van der Waals surface area contributed by atoms with Crippen molar-refractivity contribution < 1.29 is 19.2 Å². The Kier molecular flexibility index (Phi) is 6.29. The summed E-state index contributed by atoms with van der Waals surface area (Å²) in [6, 6.07) is 10.4. The summed E-state index contributed by atoms with van der Waals surface area (Å²) in [6.45, 7) is 6.61. The highest BCUT2D eigenvalue weighted by atomic mass is 16.6. The van der Waals surface area contributed by atoms with Gasteiger partial charge >= 0.3 is 5.97 Å². The smallest absolute Gasteiger partial charge is 0.340 e. The monoisotopic (exact) mass is 421 g/mol. The van der Waals surface area contributed by atoms with Crippen molar-refractivity contribution in [2.75, 3.05) is 11.9 Å². The molecule has 31 heavy (non-hydrogen) atoms. The van der Waals surface area contributed by atoms with Crippen LogP contribution in [0.3, 0.4) is 0 Å². The third kappa shape index (κ3) is 4.37. The molecule has 0 aliphatic rings.